The number of hydrogen-bond acceptors (Lipinski definition) is 5. The van der Waals surface area contributed by atoms with Crippen molar-refractivity contribution in [2.24, 2.45) is 0 Å². The van der Waals surface area contributed by atoms with E-state index in [1.165, 1.54) is 43.0 Å². The van der Waals surface area contributed by atoms with Gasteiger partial charge >= 0.3 is 0 Å². The van der Waals surface area contributed by atoms with Gasteiger partial charge in [-0.25, -0.2) is 0 Å². The highest BCUT2D eigenvalue weighted by atomic mass is 32.2. The topological polar surface area (TPSA) is 51.0 Å². The molecule has 132 valence electrons. The Morgan fingerprint density at radius 3 is 2.52 bits per heavy atom. The van der Waals surface area contributed by atoms with Gasteiger partial charge in [0.2, 0.25) is 5.95 Å². The number of Topliss-reactive ketones (excluding diaryl/α,β-unsaturated/α-hetero) is 1. The van der Waals surface area contributed by atoms with E-state index in [9.17, 15) is 4.79 Å². The Morgan fingerprint density at radius 2 is 1.88 bits per heavy atom. The molecule has 1 aromatic heterocycles. The number of hydrogen-bond donors (Lipinski definition) is 0. The zero-order valence-electron chi connectivity index (χ0n) is 14.6. The molecule has 1 saturated carbocycles. The van der Waals surface area contributed by atoms with Crippen LogP contribution in [-0.2, 0) is 6.42 Å². The summed E-state index contributed by atoms with van der Waals surface area (Å²) >= 11 is 1.52. The maximum absolute atomic E-state index is 12.5. The van der Waals surface area contributed by atoms with E-state index in [0.717, 1.165) is 36.2 Å². The molecule has 2 fully saturated rings. The quantitative estimate of drug-likeness (QED) is 0.559. The lowest BCUT2D eigenvalue weighted by atomic mass is 10.1. The maximum atomic E-state index is 12.5. The summed E-state index contributed by atoms with van der Waals surface area (Å²) in [5, 5.41) is 9.73. The van der Waals surface area contributed by atoms with Gasteiger partial charge in [-0.1, -0.05) is 43.0 Å². The molecule has 5 nitrogen and oxygen atoms in total. The van der Waals surface area contributed by atoms with Gasteiger partial charge in [0, 0.05) is 24.7 Å². The number of carbonyl (C=O) groups is 1. The Bertz CT molecular complexity index is 745. The van der Waals surface area contributed by atoms with Crippen molar-refractivity contribution in [3.8, 4) is 0 Å². The van der Waals surface area contributed by atoms with E-state index in [1.807, 2.05) is 24.3 Å². The zero-order chi connectivity index (χ0) is 17.2. The van der Waals surface area contributed by atoms with Crippen molar-refractivity contribution in [1.82, 2.24) is 14.8 Å². The molecule has 0 unspecified atom stereocenters. The summed E-state index contributed by atoms with van der Waals surface area (Å²) in [6, 6.07) is 8.46. The van der Waals surface area contributed by atoms with Crippen LogP contribution in [0.15, 0.2) is 29.4 Å². The van der Waals surface area contributed by atoms with Gasteiger partial charge in [0.15, 0.2) is 10.9 Å². The predicted molar refractivity (Wildman–Crippen MR) is 101 cm³/mol. The molecule has 1 aromatic carbocycles. The molecule has 0 N–H and O–H groups in total. The lowest BCUT2D eigenvalue weighted by Crippen LogP contribution is -2.22. The second kappa shape index (κ2) is 7.20. The molecule has 0 bridgehead atoms. The Balaban J connectivity index is 1.46. The van der Waals surface area contributed by atoms with Gasteiger partial charge < -0.3 is 4.90 Å². The van der Waals surface area contributed by atoms with Crippen LogP contribution >= 0.6 is 11.8 Å². The van der Waals surface area contributed by atoms with Crippen molar-refractivity contribution in [1.29, 1.82) is 0 Å². The minimum Gasteiger partial charge on any atom is -0.341 e. The molecule has 0 amide bonds. The molecule has 0 spiro atoms. The fourth-order valence-corrected chi connectivity index (χ4v) is 4.19. The lowest BCUT2D eigenvalue weighted by Gasteiger charge is -2.17. The van der Waals surface area contributed by atoms with Gasteiger partial charge in [0.1, 0.15) is 0 Å². The third-order valence-electron chi connectivity index (χ3n) is 4.96. The Kier molecular flexibility index (Phi) is 4.79. The number of carbonyl (C=O) groups excluding carboxylic acids is 1. The largest absolute Gasteiger partial charge is 0.341 e. The van der Waals surface area contributed by atoms with Crippen LogP contribution in [0.25, 0.3) is 0 Å². The number of aromatic nitrogens is 3. The monoisotopic (exact) mass is 356 g/mol. The Hall–Kier alpha value is -1.82. The van der Waals surface area contributed by atoms with Gasteiger partial charge in [-0.3, -0.25) is 9.36 Å². The third kappa shape index (κ3) is 3.59. The molecule has 4 rings (SSSR count). The molecule has 1 aliphatic carbocycles. The van der Waals surface area contributed by atoms with Crippen molar-refractivity contribution in [3.05, 3.63) is 35.4 Å². The molecular weight excluding hydrogens is 332 g/mol. The van der Waals surface area contributed by atoms with Crippen LogP contribution in [0.5, 0.6) is 0 Å². The van der Waals surface area contributed by atoms with Crippen LogP contribution in [0.4, 0.5) is 5.95 Å². The molecule has 2 heterocycles. The fourth-order valence-electron chi connectivity index (χ4n) is 3.29. The smallest absolute Gasteiger partial charge is 0.228 e. The van der Waals surface area contributed by atoms with Crippen molar-refractivity contribution >= 4 is 23.5 Å². The van der Waals surface area contributed by atoms with Crippen molar-refractivity contribution < 1.29 is 4.79 Å². The minimum atomic E-state index is 0.153. The van der Waals surface area contributed by atoms with E-state index >= 15 is 0 Å². The Labute approximate surface area is 152 Å². The van der Waals surface area contributed by atoms with Crippen LogP contribution in [0.1, 0.15) is 54.6 Å². The van der Waals surface area contributed by atoms with Crippen molar-refractivity contribution in [3.63, 3.8) is 0 Å². The lowest BCUT2D eigenvalue weighted by molar-refractivity contribution is 0.102. The van der Waals surface area contributed by atoms with E-state index in [0.29, 0.717) is 11.8 Å². The minimum absolute atomic E-state index is 0.153. The van der Waals surface area contributed by atoms with E-state index in [2.05, 4.69) is 26.6 Å². The summed E-state index contributed by atoms with van der Waals surface area (Å²) in [7, 11) is 0. The van der Waals surface area contributed by atoms with E-state index < -0.39 is 0 Å². The molecule has 1 aliphatic heterocycles. The van der Waals surface area contributed by atoms with Gasteiger partial charge in [-0.2, -0.15) is 0 Å². The van der Waals surface area contributed by atoms with Gasteiger partial charge in [0.05, 0.1) is 5.75 Å². The second-order valence-corrected chi connectivity index (χ2v) is 7.78. The molecule has 6 heteroatoms. The van der Waals surface area contributed by atoms with Crippen LogP contribution in [0, 0.1) is 0 Å². The zero-order valence-corrected chi connectivity index (χ0v) is 15.5. The summed E-state index contributed by atoms with van der Waals surface area (Å²) in [4.78, 5) is 14.8. The first-order valence-electron chi connectivity index (χ1n) is 9.21. The van der Waals surface area contributed by atoms with Crippen molar-refractivity contribution in [2.75, 3.05) is 23.7 Å². The van der Waals surface area contributed by atoms with Gasteiger partial charge in [-0.05, 0) is 37.7 Å². The summed E-state index contributed by atoms with van der Waals surface area (Å²) in [5.74, 6) is 1.57. The number of anilines is 1. The van der Waals surface area contributed by atoms with Gasteiger partial charge in [-0.15, -0.1) is 10.2 Å². The first-order valence-corrected chi connectivity index (χ1v) is 10.2. The predicted octanol–water partition coefficient (Wildman–Crippen LogP) is 3.75. The molecule has 1 saturated heterocycles. The molecule has 25 heavy (non-hydrogen) atoms. The normalized spacial score (nSPS) is 17.2. The SMILES string of the molecule is CCc1ccc(C(=O)CSc2nnc(N3CCCC3)n2C2CC2)cc1. The first-order chi connectivity index (χ1) is 12.3. The average molecular weight is 356 g/mol. The highest BCUT2D eigenvalue weighted by molar-refractivity contribution is 7.99. The fraction of sp³-hybridized carbons (Fsp3) is 0.526. The van der Waals surface area contributed by atoms with E-state index in [4.69, 9.17) is 0 Å². The van der Waals surface area contributed by atoms with Crippen LogP contribution in [0.3, 0.4) is 0 Å². The summed E-state index contributed by atoms with van der Waals surface area (Å²) in [5.41, 5.74) is 2.04. The van der Waals surface area contributed by atoms with E-state index in [1.54, 1.807) is 0 Å². The number of aryl methyl sites for hydroxylation is 1. The highest BCUT2D eigenvalue weighted by Gasteiger charge is 2.32. The third-order valence-corrected chi connectivity index (χ3v) is 5.91. The molecule has 0 radical (unpaired) electrons. The molecule has 0 atom stereocenters. The van der Waals surface area contributed by atoms with E-state index in [-0.39, 0.29) is 5.78 Å². The Morgan fingerprint density at radius 1 is 1.16 bits per heavy atom. The standard InChI is InChI=1S/C19H24N4OS/c1-2-14-5-7-15(8-6-14)17(24)13-25-19-21-20-18(22-11-3-4-12-22)23(19)16-9-10-16/h5-8,16H,2-4,9-13H2,1H3. The van der Waals surface area contributed by atoms with Crippen LogP contribution in [0.2, 0.25) is 0 Å². The van der Waals surface area contributed by atoms with Gasteiger partial charge in [0.25, 0.3) is 0 Å². The summed E-state index contributed by atoms with van der Waals surface area (Å²) < 4.78 is 2.27. The number of nitrogens with zero attached hydrogens (tertiary/aromatic N) is 4. The number of rotatable bonds is 7. The van der Waals surface area contributed by atoms with Crippen LogP contribution < -0.4 is 4.90 Å². The second-order valence-electron chi connectivity index (χ2n) is 6.84. The number of thioether (sulfide) groups is 1. The molecular formula is C19H24N4OS. The van der Waals surface area contributed by atoms with Crippen LogP contribution in [-0.4, -0.2) is 39.4 Å². The summed E-state index contributed by atoms with van der Waals surface area (Å²) in [6.45, 7) is 4.26. The maximum Gasteiger partial charge on any atom is 0.228 e. The number of ketones is 1. The first kappa shape index (κ1) is 16.6. The summed E-state index contributed by atoms with van der Waals surface area (Å²) in [6.07, 6.45) is 5.84. The molecule has 2 aromatic rings. The highest BCUT2D eigenvalue weighted by Crippen LogP contribution is 2.41. The number of benzene rings is 1. The van der Waals surface area contributed by atoms with Crippen molar-refractivity contribution in [2.45, 2.75) is 50.2 Å². The molecule has 2 aliphatic rings. The average Bonchev–Trinajstić information content (AvgIpc) is 3.18.